The lowest BCUT2D eigenvalue weighted by atomic mass is 9.93. The van der Waals surface area contributed by atoms with Gasteiger partial charge in [-0.1, -0.05) is 30.3 Å². The van der Waals surface area contributed by atoms with Gasteiger partial charge in [-0.15, -0.1) is 0 Å². The molecule has 0 radical (unpaired) electrons. The lowest BCUT2D eigenvalue weighted by Crippen LogP contribution is -2.44. The number of aryl methyl sites for hydroxylation is 1. The molecular formula is C14H15N3O2. The van der Waals surface area contributed by atoms with Crippen LogP contribution in [0.2, 0.25) is 0 Å². The molecule has 5 nitrogen and oxygen atoms in total. The van der Waals surface area contributed by atoms with Crippen molar-refractivity contribution in [3.8, 4) is 6.07 Å². The van der Waals surface area contributed by atoms with Crippen molar-refractivity contribution in [3.05, 3.63) is 35.9 Å². The summed E-state index contributed by atoms with van der Waals surface area (Å²) in [6.07, 6.45) is 1.22. The molecule has 0 bridgehead atoms. The Bertz CT molecular complexity index is 535. The largest absolute Gasteiger partial charge is 0.325 e. The molecule has 0 aromatic heterocycles. The van der Waals surface area contributed by atoms with Crippen LogP contribution < -0.4 is 5.32 Å². The zero-order valence-electron chi connectivity index (χ0n) is 10.7. The highest BCUT2D eigenvalue weighted by Gasteiger charge is 2.47. The van der Waals surface area contributed by atoms with E-state index in [1.807, 2.05) is 36.4 Å². The first kappa shape index (κ1) is 13.1. The number of carbonyl (C=O) groups is 2. The minimum Gasteiger partial charge on any atom is -0.323 e. The molecule has 1 heterocycles. The van der Waals surface area contributed by atoms with Crippen molar-refractivity contribution in [2.45, 2.75) is 25.3 Å². The van der Waals surface area contributed by atoms with Crippen molar-refractivity contribution < 1.29 is 9.59 Å². The number of urea groups is 1. The molecule has 0 saturated carbocycles. The van der Waals surface area contributed by atoms with E-state index in [0.29, 0.717) is 12.8 Å². The number of carbonyl (C=O) groups excluding carboxylic acids is 2. The molecule has 19 heavy (non-hydrogen) atoms. The van der Waals surface area contributed by atoms with Crippen LogP contribution in [0.1, 0.15) is 18.9 Å². The van der Waals surface area contributed by atoms with Gasteiger partial charge in [0.15, 0.2) is 0 Å². The first-order valence-corrected chi connectivity index (χ1v) is 6.12. The normalized spacial score (nSPS) is 22.2. The van der Waals surface area contributed by atoms with Gasteiger partial charge in [0.25, 0.3) is 5.91 Å². The number of nitriles is 1. The second kappa shape index (κ2) is 5.11. The molecule has 1 unspecified atom stereocenters. The van der Waals surface area contributed by atoms with Crippen LogP contribution in [0, 0.1) is 11.3 Å². The number of amides is 3. The van der Waals surface area contributed by atoms with E-state index in [1.54, 1.807) is 6.92 Å². The van der Waals surface area contributed by atoms with Gasteiger partial charge in [-0.25, -0.2) is 9.69 Å². The van der Waals surface area contributed by atoms with Crippen LogP contribution in [-0.2, 0) is 11.2 Å². The number of nitrogens with one attached hydrogen (secondary N) is 1. The van der Waals surface area contributed by atoms with E-state index in [4.69, 9.17) is 5.26 Å². The summed E-state index contributed by atoms with van der Waals surface area (Å²) in [5.74, 6) is -0.324. The molecule has 0 aliphatic carbocycles. The monoisotopic (exact) mass is 257 g/mol. The zero-order chi connectivity index (χ0) is 13.9. The van der Waals surface area contributed by atoms with Gasteiger partial charge in [-0.2, -0.15) is 5.26 Å². The third-order valence-corrected chi connectivity index (χ3v) is 3.33. The highest BCUT2D eigenvalue weighted by atomic mass is 16.2. The summed E-state index contributed by atoms with van der Waals surface area (Å²) in [4.78, 5) is 24.7. The van der Waals surface area contributed by atoms with E-state index in [9.17, 15) is 9.59 Å². The molecule has 1 aromatic carbocycles. The average molecular weight is 257 g/mol. The van der Waals surface area contributed by atoms with E-state index in [1.165, 1.54) is 0 Å². The molecule has 1 fully saturated rings. The maximum atomic E-state index is 12.1. The van der Waals surface area contributed by atoms with Crippen molar-refractivity contribution in [2.75, 3.05) is 6.54 Å². The molecule has 1 N–H and O–H groups in total. The van der Waals surface area contributed by atoms with Crippen LogP contribution in [0.3, 0.4) is 0 Å². The Hall–Kier alpha value is -2.35. The fraction of sp³-hybridized carbons (Fsp3) is 0.357. The van der Waals surface area contributed by atoms with Gasteiger partial charge in [0.2, 0.25) is 0 Å². The lowest BCUT2D eigenvalue weighted by molar-refractivity contribution is -0.130. The predicted octanol–water partition coefficient (Wildman–Crippen LogP) is 1.45. The van der Waals surface area contributed by atoms with Crippen molar-refractivity contribution in [1.82, 2.24) is 10.2 Å². The van der Waals surface area contributed by atoms with Crippen molar-refractivity contribution in [2.24, 2.45) is 0 Å². The Balaban J connectivity index is 2.06. The summed E-state index contributed by atoms with van der Waals surface area (Å²) in [7, 11) is 0. The maximum Gasteiger partial charge on any atom is 0.325 e. The topological polar surface area (TPSA) is 73.2 Å². The van der Waals surface area contributed by atoms with Crippen molar-refractivity contribution in [1.29, 1.82) is 5.26 Å². The Kier molecular flexibility index (Phi) is 3.52. The Morgan fingerprint density at radius 2 is 2.00 bits per heavy atom. The van der Waals surface area contributed by atoms with Crippen LogP contribution in [0.5, 0.6) is 0 Å². The third-order valence-electron chi connectivity index (χ3n) is 3.33. The average Bonchev–Trinajstić information content (AvgIpc) is 2.62. The molecule has 1 aliphatic heterocycles. The van der Waals surface area contributed by atoms with Crippen LogP contribution in [0.15, 0.2) is 30.3 Å². The molecule has 3 amide bonds. The SMILES string of the molecule is CC1(CCc2ccccc2)NC(=O)N(CC#N)C1=O. The predicted molar refractivity (Wildman–Crippen MR) is 69.0 cm³/mol. The quantitative estimate of drug-likeness (QED) is 0.655. The smallest absolute Gasteiger partial charge is 0.323 e. The van der Waals surface area contributed by atoms with Crippen molar-refractivity contribution >= 4 is 11.9 Å². The summed E-state index contributed by atoms with van der Waals surface area (Å²) in [6.45, 7) is 1.50. The minimum atomic E-state index is -0.913. The van der Waals surface area contributed by atoms with Gasteiger partial charge in [-0.05, 0) is 25.3 Å². The number of hydrogen-bond acceptors (Lipinski definition) is 3. The number of imide groups is 1. The van der Waals surface area contributed by atoms with E-state index < -0.39 is 11.6 Å². The number of nitrogens with zero attached hydrogens (tertiary/aromatic N) is 2. The maximum absolute atomic E-state index is 12.1. The fourth-order valence-corrected chi connectivity index (χ4v) is 2.17. The van der Waals surface area contributed by atoms with E-state index in [0.717, 1.165) is 10.5 Å². The molecular weight excluding hydrogens is 242 g/mol. The van der Waals surface area contributed by atoms with Gasteiger partial charge in [0.05, 0.1) is 6.07 Å². The summed E-state index contributed by atoms with van der Waals surface area (Å²) in [5.41, 5.74) is 0.202. The van der Waals surface area contributed by atoms with Gasteiger partial charge >= 0.3 is 6.03 Å². The molecule has 98 valence electrons. The summed E-state index contributed by atoms with van der Waals surface area (Å²) in [5, 5.41) is 11.3. The van der Waals surface area contributed by atoms with Crippen LogP contribution in [0.4, 0.5) is 4.79 Å². The van der Waals surface area contributed by atoms with Crippen LogP contribution in [0.25, 0.3) is 0 Å². The second-order valence-electron chi connectivity index (χ2n) is 4.80. The number of hydrogen-bond donors (Lipinski definition) is 1. The molecule has 1 saturated heterocycles. The number of rotatable bonds is 4. The molecule has 0 spiro atoms. The highest BCUT2D eigenvalue weighted by molar-refractivity contribution is 6.06. The minimum absolute atomic E-state index is 0.203. The van der Waals surface area contributed by atoms with Gasteiger partial charge in [0.1, 0.15) is 12.1 Å². The van der Waals surface area contributed by atoms with Crippen molar-refractivity contribution in [3.63, 3.8) is 0 Å². The third kappa shape index (κ3) is 2.58. The second-order valence-corrected chi connectivity index (χ2v) is 4.80. The first-order valence-electron chi connectivity index (χ1n) is 6.12. The van der Waals surface area contributed by atoms with Crippen LogP contribution >= 0.6 is 0 Å². The zero-order valence-corrected chi connectivity index (χ0v) is 10.7. The van der Waals surface area contributed by atoms with Crippen LogP contribution in [-0.4, -0.2) is 28.9 Å². The highest BCUT2D eigenvalue weighted by Crippen LogP contribution is 2.22. The van der Waals surface area contributed by atoms with E-state index in [-0.39, 0.29) is 12.5 Å². The number of benzene rings is 1. The van der Waals surface area contributed by atoms with Gasteiger partial charge in [-0.3, -0.25) is 4.79 Å². The van der Waals surface area contributed by atoms with Gasteiger partial charge < -0.3 is 5.32 Å². The molecule has 2 rings (SSSR count). The molecule has 1 aromatic rings. The van der Waals surface area contributed by atoms with Gasteiger partial charge in [0, 0.05) is 0 Å². The summed E-state index contributed by atoms with van der Waals surface area (Å²) >= 11 is 0. The standard InChI is InChI=1S/C14H15N3O2/c1-14(8-7-11-5-3-2-4-6-11)12(18)17(10-9-15)13(19)16-14/h2-6H,7-8,10H2,1H3,(H,16,19). The van der Waals surface area contributed by atoms with E-state index >= 15 is 0 Å². The Labute approximate surface area is 111 Å². The van der Waals surface area contributed by atoms with E-state index in [2.05, 4.69) is 5.32 Å². The first-order chi connectivity index (χ1) is 9.07. The fourth-order valence-electron chi connectivity index (χ4n) is 2.17. The molecule has 5 heteroatoms. The summed E-state index contributed by atoms with van der Waals surface area (Å²) in [6, 6.07) is 11.1. The Morgan fingerprint density at radius 3 is 2.63 bits per heavy atom. The Morgan fingerprint density at radius 1 is 1.32 bits per heavy atom. The lowest BCUT2D eigenvalue weighted by Gasteiger charge is -2.21. The molecule has 1 atom stereocenters. The molecule has 1 aliphatic rings. The summed E-state index contributed by atoms with van der Waals surface area (Å²) < 4.78 is 0.